The van der Waals surface area contributed by atoms with Gasteiger partial charge in [-0.05, 0) is 84.4 Å². The first-order valence-corrected chi connectivity index (χ1v) is 9.33. The molecule has 1 aromatic rings. The molecule has 1 aliphatic carbocycles. The molecule has 23 heavy (non-hydrogen) atoms. The van der Waals surface area contributed by atoms with Gasteiger partial charge >= 0.3 is 6.09 Å². The molecule has 1 saturated carbocycles. The minimum Gasteiger partial charge on any atom is -0.452 e. The predicted molar refractivity (Wildman–Crippen MR) is 96.3 cm³/mol. The van der Waals surface area contributed by atoms with Gasteiger partial charge < -0.3 is 19.8 Å². The van der Waals surface area contributed by atoms with E-state index in [1.807, 2.05) is 26.8 Å². The van der Waals surface area contributed by atoms with Gasteiger partial charge in [0.05, 0.1) is 11.0 Å². The van der Waals surface area contributed by atoms with Crippen molar-refractivity contribution in [2.24, 2.45) is 5.92 Å². The summed E-state index contributed by atoms with van der Waals surface area (Å²) in [6.07, 6.45) is 1.96. The third kappa shape index (κ3) is 5.80. The number of furan rings is 1. The Hall–Kier alpha value is -0.530. The van der Waals surface area contributed by atoms with E-state index in [9.17, 15) is 4.79 Å². The Bertz CT molecular complexity index is 545. The molecule has 0 radical (unpaired) electrons. The molecular weight excluding hydrogens is 428 g/mol. The molecule has 0 saturated heterocycles. The lowest BCUT2D eigenvalue weighted by Gasteiger charge is -2.31. The molecular formula is C16H24Br2N2O3. The number of alkyl carbamates (subject to hydrolysis) is 1. The van der Waals surface area contributed by atoms with Crippen LogP contribution in [0.25, 0.3) is 0 Å². The molecule has 1 heterocycles. The van der Waals surface area contributed by atoms with Crippen molar-refractivity contribution < 1.29 is 13.9 Å². The van der Waals surface area contributed by atoms with Gasteiger partial charge in [0.1, 0.15) is 11.4 Å². The molecule has 1 fully saturated rings. The van der Waals surface area contributed by atoms with E-state index in [0.29, 0.717) is 23.7 Å². The first-order chi connectivity index (χ1) is 10.6. The van der Waals surface area contributed by atoms with Crippen molar-refractivity contribution in [3.63, 3.8) is 0 Å². The van der Waals surface area contributed by atoms with Crippen LogP contribution in [0.4, 0.5) is 4.79 Å². The Morgan fingerprint density at radius 1 is 1.35 bits per heavy atom. The van der Waals surface area contributed by atoms with Gasteiger partial charge in [-0.25, -0.2) is 4.79 Å². The molecule has 1 atom stereocenters. The third-order valence-electron chi connectivity index (χ3n) is 3.84. The Morgan fingerprint density at radius 2 is 2.00 bits per heavy atom. The Kier molecular flexibility index (Phi) is 5.85. The van der Waals surface area contributed by atoms with Crippen LogP contribution in [0, 0.1) is 5.92 Å². The second-order valence-corrected chi connectivity index (χ2v) is 8.81. The second kappa shape index (κ2) is 7.15. The molecule has 0 aliphatic heterocycles. The molecule has 1 aromatic heterocycles. The van der Waals surface area contributed by atoms with Crippen LogP contribution in [0.3, 0.4) is 0 Å². The van der Waals surface area contributed by atoms with E-state index in [0.717, 1.165) is 10.2 Å². The quantitative estimate of drug-likeness (QED) is 0.663. The summed E-state index contributed by atoms with van der Waals surface area (Å²) in [4.78, 5) is 11.9. The topological polar surface area (TPSA) is 63.5 Å². The molecule has 0 spiro atoms. The SMILES string of the molecule is CC(C)(C)OC(=O)NCC(C)(NCc1cc(Br)c(Br)o1)C1CC1. The van der Waals surface area contributed by atoms with E-state index < -0.39 is 5.60 Å². The van der Waals surface area contributed by atoms with E-state index in [1.165, 1.54) is 12.8 Å². The highest BCUT2D eigenvalue weighted by molar-refractivity contribution is 9.13. The van der Waals surface area contributed by atoms with Crippen LogP contribution >= 0.6 is 31.9 Å². The zero-order chi connectivity index (χ0) is 17.3. The van der Waals surface area contributed by atoms with Gasteiger partial charge in [-0.2, -0.15) is 0 Å². The summed E-state index contributed by atoms with van der Waals surface area (Å²) in [5.41, 5.74) is -0.664. The van der Waals surface area contributed by atoms with Crippen molar-refractivity contribution in [2.45, 2.75) is 58.2 Å². The van der Waals surface area contributed by atoms with Crippen molar-refractivity contribution in [1.82, 2.24) is 10.6 Å². The van der Waals surface area contributed by atoms with Gasteiger partial charge in [-0.3, -0.25) is 0 Å². The monoisotopic (exact) mass is 450 g/mol. The number of amides is 1. The fourth-order valence-electron chi connectivity index (χ4n) is 2.41. The van der Waals surface area contributed by atoms with Crippen LogP contribution in [-0.4, -0.2) is 23.8 Å². The van der Waals surface area contributed by atoms with E-state index in [-0.39, 0.29) is 11.6 Å². The van der Waals surface area contributed by atoms with E-state index in [1.54, 1.807) is 0 Å². The lowest BCUT2D eigenvalue weighted by Crippen LogP contribution is -2.53. The van der Waals surface area contributed by atoms with Crippen LogP contribution in [0.2, 0.25) is 0 Å². The third-order valence-corrected chi connectivity index (χ3v) is 5.55. The van der Waals surface area contributed by atoms with Crippen LogP contribution in [-0.2, 0) is 11.3 Å². The maximum atomic E-state index is 11.9. The Labute approximate surface area is 154 Å². The standard InChI is InChI=1S/C16H24Br2N2O3/c1-15(2,3)23-14(21)19-9-16(4,10-5-6-10)20-8-11-7-12(17)13(18)22-11/h7,10,20H,5-6,8-9H2,1-4H3,(H,19,21). The van der Waals surface area contributed by atoms with Crippen molar-refractivity contribution in [2.75, 3.05) is 6.54 Å². The molecule has 1 unspecified atom stereocenters. The first kappa shape index (κ1) is 18.8. The highest BCUT2D eigenvalue weighted by atomic mass is 79.9. The fraction of sp³-hybridized carbons (Fsp3) is 0.688. The van der Waals surface area contributed by atoms with Gasteiger partial charge in [0.25, 0.3) is 0 Å². The predicted octanol–water partition coefficient (Wildman–Crippen LogP) is 4.59. The number of halogens is 2. The summed E-state index contributed by atoms with van der Waals surface area (Å²) < 4.78 is 12.5. The lowest BCUT2D eigenvalue weighted by atomic mass is 9.95. The van der Waals surface area contributed by atoms with Gasteiger partial charge in [0, 0.05) is 12.1 Å². The molecule has 1 aliphatic rings. The average Bonchev–Trinajstić information content (AvgIpc) is 3.21. The van der Waals surface area contributed by atoms with Gasteiger partial charge in [0.2, 0.25) is 0 Å². The molecule has 2 N–H and O–H groups in total. The minimum atomic E-state index is -0.486. The zero-order valence-corrected chi connectivity index (χ0v) is 17.1. The number of carbonyl (C=O) groups excluding carboxylic acids is 1. The number of hydrogen-bond acceptors (Lipinski definition) is 4. The molecule has 130 valence electrons. The first-order valence-electron chi connectivity index (χ1n) is 7.75. The maximum absolute atomic E-state index is 11.9. The molecule has 7 heteroatoms. The fourth-order valence-corrected chi connectivity index (χ4v) is 3.07. The van der Waals surface area contributed by atoms with E-state index in [4.69, 9.17) is 9.15 Å². The highest BCUT2D eigenvalue weighted by Crippen LogP contribution is 2.39. The number of hydrogen-bond donors (Lipinski definition) is 2. The summed E-state index contributed by atoms with van der Waals surface area (Å²) in [5, 5.41) is 6.41. The average molecular weight is 452 g/mol. The van der Waals surface area contributed by atoms with Crippen molar-refractivity contribution in [3.8, 4) is 0 Å². The summed E-state index contributed by atoms with van der Waals surface area (Å²) in [6, 6.07) is 1.94. The van der Waals surface area contributed by atoms with Crippen LogP contribution in [0.15, 0.2) is 19.6 Å². The van der Waals surface area contributed by atoms with Crippen molar-refractivity contribution >= 4 is 38.0 Å². The van der Waals surface area contributed by atoms with E-state index >= 15 is 0 Å². The van der Waals surface area contributed by atoms with Gasteiger partial charge in [-0.15, -0.1) is 0 Å². The summed E-state index contributed by atoms with van der Waals surface area (Å²) in [7, 11) is 0. The number of carbonyl (C=O) groups is 1. The van der Waals surface area contributed by atoms with E-state index in [2.05, 4.69) is 49.4 Å². The molecule has 1 amide bonds. The normalized spacial score (nSPS) is 17.7. The Morgan fingerprint density at radius 3 is 2.48 bits per heavy atom. The molecule has 2 rings (SSSR count). The number of ether oxygens (including phenoxy) is 1. The smallest absolute Gasteiger partial charge is 0.407 e. The van der Waals surface area contributed by atoms with Crippen molar-refractivity contribution in [3.05, 3.63) is 21.0 Å². The van der Waals surface area contributed by atoms with Crippen LogP contribution in [0.5, 0.6) is 0 Å². The summed E-state index contributed by atoms with van der Waals surface area (Å²) >= 11 is 6.75. The van der Waals surface area contributed by atoms with Crippen LogP contribution < -0.4 is 10.6 Å². The van der Waals surface area contributed by atoms with Crippen LogP contribution in [0.1, 0.15) is 46.3 Å². The van der Waals surface area contributed by atoms with Gasteiger partial charge in [0.15, 0.2) is 4.67 Å². The minimum absolute atomic E-state index is 0.178. The Balaban J connectivity index is 1.90. The molecule has 0 bridgehead atoms. The van der Waals surface area contributed by atoms with Crippen molar-refractivity contribution in [1.29, 1.82) is 0 Å². The number of nitrogens with one attached hydrogen (secondary N) is 2. The summed E-state index contributed by atoms with van der Waals surface area (Å²) in [5.74, 6) is 1.40. The highest BCUT2D eigenvalue weighted by Gasteiger charge is 2.41. The largest absolute Gasteiger partial charge is 0.452 e. The maximum Gasteiger partial charge on any atom is 0.407 e. The van der Waals surface area contributed by atoms with Gasteiger partial charge in [-0.1, -0.05) is 0 Å². The second-order valence-electron chi connectivity index (χ2n) is 7.24. The molecule has 0 aromatic carbocycles. The lowest BCUT2D eigenvalue weighted by molar-refractivity contribution is 0.0507. The molecule has 5 nitrogen and oxygen atoms in total. The zero-order valence-electron chi connectivity index (χ0n) is 14.0. The summed E-state index contributed by atoms with van der Waals surface area (Å²) in [6.45, 7) is 8.84. The number of rotatable bonds is 6.